The van der Waals surface area contributed by atoms with E-state index in [9.17, 15) is 12.8 Å². The number of ether oxygens (including phenoxy) is 2. The average molecular weight is 534 g/mol. The van der Waals surface area contributed by atoms with E-state index in [2.05, 4.69) is 31.8 Å². The summed E-state index contributed by atoms with van der Waals surface area (Å²) in [6, 6.07) is 7.51. The van der Waals surface area contributed by atoms with Crippen LogP contribution < -0.4 is 10.0 Å². The van der Waals surface area contributed by atoms with Gasteiger partial charge in [-0.1, -0.05) is 23.4 Å². The Morgan fingerprint density at radius 3 is 2.78 bits per heavy atom. The fourth-order valence-corrected chi connectivity index (χ4v) is 4.88. The normalized spacial score (nSPS) is 14.3. The van der Waals surface area contributed by atoms with E-state index in [4.69, 9.17) is 21.1 Å². The van der Waals surface area contributed by atoms with Crippen molar-refractivity contribution >= 4 is 49.7 Å². The molecule has 1 aliphatic rings. The summed E-state index contributed by atoms with van der Waals surface area (Å²) < 4.78 is 52.5. The Hall–Kier alpha value is -3.01. The van der Waals surface area contributed by atoms with Crippen molar-refractivity contribution in [2.45, 2.75) is 0 Å². The van der Waals surface area contributed by atoms with Crippen LogP contribution in [0.2, 0.25) is 5.02 Å². The summed E-state index contributed by atoms with van der Waals surface area (Å²) in [5, 5.41) is 3.59. The van der Waals surface area contributed by atoms with Gasteiger partial charge in [-0.2, -0.15) is 0 Å². The predicted octanol–water partition coefficient (Wildman–Crippen LogP) is 3.24. The van der Waals surface area contributed by atoms with E-state index >= 15 is 0 Å². The van der Waals surface area contributed by atoms with E-state index in [0.717, 1.165) is 0 Å². The van der Waals surface area contributed by atoms with Gasteiger partial charge < -0.3 is 14.8 Å². The van der Waals surface area contributed by atoms with Crippen molar-refractivity contribution < 1.29 is 22.3 Å². The Morgan fingerprint density at radius 2 is 2.03 bits per heavy atom. The molecule has 0 bridgehead atoms. The van der Waals surface area contributed by atoms with Gasteiger partial charge in [-0.3, -0.25) is 9.62 Å². The molecule has 1 aromatic heterocycles. The predicted molar refractivity (Wildman–Crippen MR) is 138 cm³/mol. The van der Waals surface area contributed by atoms with Crippen molar-refractivity contribution in [3.05, 3.63) is 53.1 Å². The molecule has 1 aliphatic heterocycles. The summed E-state index contributed by atoms with van der Waals surface area (Å²) in [4.78, 5) is 10.6. The Balaban J connectivity index is 1.66. The number of hydrogen-bond acceptors (Lipinski definition) is 8. The molecule has 2 heterocycles. The second-order valence-corrected chi connectivity index (χ2v) is 10.2. The van der Waals surface area contributed by atoms with Crippen LogP contribution in [0.4, 0.5) is 21.6 Å². The second kappa shape index (κ2) is 11.8. The zero-order valence-corrected chi connectivity index (χ0v) is 21.1. The first-order chi connectivity index (χ1) is 17.3. The molecule has 3 aromatic rings. The third-order valence-electron chi connectivity index (χ3n) is 5.44. The monoisotopic (exact) mass is 533 g/mol. The zero-order chi connectivity index (χ0) is 25.5. The molecular formula is C24H25ClFN5O4S. The summed E-state index contributed by atoms with van der Waals surface area (Å²) in [7, 11) is -2.16. The smallest absolute Gasteiger partial charge is 0.234 e. The molecule has 9 nitrogen and oxygen atoms in total. The lowest BCUT2D eigenvalue weighted by molar-refractivity contribution is 0.0408. The molecule has 1 fully saturated rings. The van der Waals surface area contributed by atoms with Gasteiger partial charge in [0.25, 0.3) is 0 Å². The SMILES string of the molecule is COCC#Cc1cc2ncnc(Nc3ccc(F)c(Cl)c3)c2cc1NS(=O)(=O)CCN1CCOCC1. The number of sulfonamides is 1. The highest BCUT2D eigenvalue weighted by Gasteiger charge is 2.18. The van der Waals surface area contributed by atoms with Gasteiger partial charge in [0.15, 0.2) is 0 Å². The molecule has 1 saturated heterocycles. The number of hydrogen-bond donors (Lipinski definition) is 2. The Kier molecular flexibility index (Phi) is 8.56. The molecule has 2 N–H and O–H groups in total. The lowest BCUT2D eigenvalue weighted by Crippen LogP contribution is -2.39. The first-order valence-corrected chi connectivity index (χ1v) is 13.2. The fraction of sp³-hybridized carbons (Fsp3) is 0.333. The van der Waals surface area contributed by atoms with Crippen LogP contribution in [0.5, 0.6) is 0 Å². The molecule has 0 unspecified atom stereocenters. The molecule has 2 aromatic carbocycles. The maximum absolute atomic E-state index is 13.6. The standard InChI is InChI=1S/C24H25ClFN5O4S/c1-34-9-2-3-17-13-23-19(24(28-16-27-23)29-18-4-5-21(26)20(25)14-18)15-22(17)30-36(32,33)12-8-31-6-10-35-11-7-31/h4-5,13-16,30H,6-12H2,1H3,(H,27,28,29). The first-order valence-electron chi connectivity index (χ1n) is 11.1. The molecule has 0 radical (unpaired) electrons. The highest BCUT2D eigenvalue weighted by Crippen LogP contribution is 2.30. The minimum absolute atomic E-state index is 0.0391. The largest absolute Gasteiger partial charge is 0.379 e. The van der Waals surface area contributed by atoms with Crippen LogP contribution in [0, 0.1) is 17.7 Å². The van der Waals surface area contributed by atoms with Gasteiger partial charge in [0.2, 0.25) is 10.0 Å². The van der Waals surface area contributed by atoms with Gasteiger partial charge in [-0.05, 0) is 30.3 Å². The van der Waals surface area contributed by atoms with Gasteiger partial charge in [-0.25, -0.2) is 22.8 Å². The van der Waals surface area contributed by atoms with Gasteiger partial charge in [-0.15, -0.1) is 0 Å². The third-order valence-corrected chi connectivity index (χ3v) is 6.98. The van der Waals surface area contributed by atoms with Crippen molar-refractivity contribution in [2.75, 3.05) is 62.4 Å². The number of anilines is 3. The van der Waals surface area contributed by atoms with Gasteiger partial charge in [0.05, 0.1) is 40.8 Å². The van der Waals surface area contributed by atoms with Crippen LogP contribution >= 0.6 is 11.6 Å². The van der Waals surface area contributed by atoms with Gasteiger partial charge in [0.1, 0.15) is 24.6 Å². The minimum Gasteiger partial charge on any atom is -0.379 e. The summed E-state index contributed by atoms with van der Waals surface area (Å²) in [5.41, 5.74) is 1.80. The quantitative estimate of drug-likeness (QED) is 0.425. The van der Waals surface area contributed by atoms with Crippen molar-refractivity contribution in [3.63, 3.8) is 0 Å². The Labute approximate surface area is 214 Å². The maximum atomic E-state index is 13.6. The van der Waals surface area contributed by atoms with Crippen LogP contribution in [0.15, 0.2) is 36.7 Å². The molecule has 0 spiro atoms. The second-order valence-electron chi connectivity index (χ2n) is 8.00. The van der Waals surface area contributed by atoms with Crippen molar-refractivity contribution in [1.82, 2.24) is 14.9 Å². The molecule has 0 atom stereocenters. The number of fused-ring (bicyclic) bond motifs is 1. The number of aromatic nitrogens is 2. The molecule has 0 aliphatic carbocycles. The molecule has 0 saturated carbocycles. The number of nitrogens with zero attached hydrogens (tertiary/aromatic N) is 3. The lowest BCUT2D eigenvalue weighted by atomic mass is 10.1. The summed E-state index contributed by atoms with van der Waals surface area (Å²) in [6.45, 7) is 3.14. The fourth-order valence-electron chi connectivity index (χ4n) is 3.60. The van der Waals surface area contributed by atoms with Gasteiger partial charge in [0, 0.05) is 37.8 Å². The van der Waals surface area contributed by atoms with E-state index < -0.39 is 15.8 Å². The lowest BCUT2D eigenvalue weighted by Gasteiger charge is -2.26. The molecule has 4 rings (SSSR count). The van der Waals surface area contributed by atoms with Crippen LogP contribution in [0.25, 0.3) is 10.9 Å². The Bertz CT molecular complexity index is 1400. The summed E-state index contributed by atoms with van der Waals surface area (Å²) in [5.74, 6) is 5.58. The first kappa shape index (κ1) is 26.1. The molecule has 36 heavy (non-hydrogen) atoms. The summed E-state index contributed by atoms with van der Waals surface area (Å²) >= 11 is 5.90. The third kappa shape index (κ3) is 6.81. The van der Waals surface area contributed by atoms with Crippen LogP contribution in [-0.4, -0.2) is 75.6 Å². The Morgan fingerprint density at radius 1 is 1.22 bits per heavy atom. The number of halogens is 2. The van der Waals surface area contributed by atoms with Crippen molar-refractivity contribution in [3.8, 4) is 11.8 Å². The molecule has 0 amide bonds. The number of benzene rings is 2. The highest BCUT2D eigenvalue weighted by atomic mass is 35.5. The van der Waals surface area contributed by atoms with E-state index in [0.29, 0.717) is 66.5 Å². The van der Waals surface area contributed by atoms with E-state index in [1.807, 2.05) is 4.90 Å². The van der Waals surface area contributed by atoms with Gasteiger partial charge >= 0.3 is 0 Å². The number of morpholine rings is 1. The minimum atomic E-state index is -3.69. The maximum Gasteiger partial charge on any atom is 0.234 e. The highest BCUT2D eigenvalue weighted by molar-refractivity contribution is 7.92. The number of rotatable bonds is 8. The van der Waals surface area contributed by atoms with Crippen LogP contribution in [0.3, 0.4) is 0 Å². The van der Waals surface area contributed by atoms with Crippen LogP contribution in [0.1, 0.15) is 5.56 Å². The topological polar surface area (TPSA) is 106 Å². The van der Waals surface area contributed by atoms with Crippen molar-refractivity contribution in [2.24, 2.45) is 0 Å². The number of nitrogens with one attached hydrogen (secondary N) is 2. The zero-order valence-electron chi connectivity index (χ0n) is 19.6. The molecular weight excluding hydrogens is 509 g/mol. The summed E-state index contributed by atoms with van der Waals surface area (Å²) in [6.07, 6.45) is 1.37. The van der Waals surface area contributed by atoms with E-state index in [1.165, 1.54) is 31.6 Å². The van der Waals surface area contributed by atoms with E-state index in [-0.39, 0.29) is 17.4 Å². The number of methoxy groups -OCH3 is 1. The van der Waals surface area contributed by atoms with Crippen LogP contribution in [-0.2, 0) is 19.5 Å². The van der Waals surface area contributed by atoms with Crippen molar-refractivity contribution in [1.29, 1.82) is 0 Å². The molecule has 12 heteroatoms. The average Bonchev–Trinajstić information content (AvgIpc) is 2.86. The molecule has 190 valence electrons. The van der Waals surface area contributed by atoms with E-state index in [1.54, 1.807) is 12.1 Å².